The van der Waals surface area contributed by atoms with Gasteiger partial charge in [0.05, 0.1) is 5.75 Å². The molecular weight excluding hydrogens is 210 g/mol. The lowest BCUT2D eigenvalue weighted by molar-refractivity contribution is 0.349. The molecule has 4 heteroatoms. The third-order valence-electron chi connectivity index (χ3n) is 3.55. The Kier molecular flexibility index (Phi) is 4.59. The van der Waals surface area contributed by atoms with E-state index >= 15 is 0 Å². The van der Waals surface area contributed by atoms with Crippen LogP contribution in [0.3, 0.4) is 0 Å². The zero-order valence-corrected chi connectivity index (χ0v) is 10.8. The molecule has 0 spiro atoms. The molecule has 1 aliphatic carbocycles. The van der Waals surface area contributed by atoms with Crippen molar-refractivity contribution in [1.29, 1.82) is 0 Å². The van der Waals surface area contributed by atoms with Gasteiger partial charge in [0, 0.05) is 12.3 Å². The van der Waals surface area contributed by atoms with Gasteiger partial charge in [0.15, 0.2) is 0 Å². The summed E-state index contributed by atoms with van der Waals surface area (Å²) in [6.07, 6.45) is 4.54. The average molecular weight is 233 g/mol. The summed E-state index contributed by atoms with van der Waals surface area (Å²) >= 11 is 0. The molecule has 0 aromatic heterocycles. The molecule has 0 amide bonds. The van der Waals surface area contributed by atoms with Crippen LogP contribution in [-0.4, -0.2) is 33.0 Å². The van der Waals surface area contributed by atoms with Gasteiger partial charge in [0.25, 0.3) is 0 Å². The molecule has 0 aromatic rings. The van der Waals surface area contributed by atoms with Gasteiger partial charge in [-0.1, -0.05) is 13.8 Å². The molecule has 3 atom stereocenters. The van der Waals surface area contributed by atoms with E-state index < -0.39 is 9.84 Å². The minimum Gasteiger partial charge on any atom is -0.314 e. The molecule has 1 rings (SSSR count). The number of hydrogen-bond donors (Lipinski definition) is 1. The summed E-state index contributed by atoms with van der Waals surface area (Å²) in [6.45, 7) is 5.37. The fourth-order valence-electron chi connectivity index (χ4n) is 2.57. The minimum absolute atomic E-state index is 0.348. The Morgan fingerprint density at radius 3 is 2.53 bits per heavy atom. The highest BCUT2D eigenvalue weighted by Gasteiger charge is 2.32. The van der Waals surface area contributed by atoms with E-state index in [9.17, 15) is 8.42 Å². The highest BCUT2D eigenvalue weighted by molar-refractivity contribution is 7.90. The molecule has 0 bridgehead atoms. The van der Waals surface area contributed by atoms with Crippen molar-refractivity contribution in [3.8, 4) is 0 Å². The molecule has 1 fully saturated rings. The Morgan fingerprint density at radius 1 is 1.33 bits per heavy atom. The van der Waals surface area contributed by atoms with E-state index in [2.05, 4.69) is 19.2 Å². The maximum Gasteiger partial charge on any atom is 0.147 e. The molecule has 0 saturated heterocycles. The van der Waals surface area contributed by atoms with E-state index in [1.165, 1.54) is 19.1 Å². The highest BCUT2D eigenvalue weighted by atomic mass is 32.2. The van der Waals surface area contributed by atoms with Gasteiger partial charge in [-0.05, 0) is 37.6 Å². The predicted molar refractivity (Wildman–Crippen MR) is 63.7 cm³/mol. The molecule has 1 saturated carbocycles. The van der Waals surface area contributed by atoms with E-state index in [1.807, 2.05) is 0 Å². The average Bonchev–Trinajstić information content (AvgIpc) is 2.45. The summed E-state index contributed by atoms with van der Waals surface area (Å²) in [5.74, 6) is 1.55. The Hall–Kier alpha value is -0.0900. The maximum atomic E-state index is 11.1. The minimum atomic E-state index is -2.79. The first kappa shape index (κ1) is 13.0. The summed E-state index contributed by atoms with van der Waals surface area (Å²) in [4.78, 5) is 0. The van der Waals surface area contributed by atoms with Crippen LogP contribution < -0.4 is 5.32 Å². The van der Waals surface area contributed by atoms with Crippen LogP contribution >= 0.6 is 0 Å². The second kappa shape index (κ2) is 5.30. The van der Waals surface area contributed by atoms with Crippen LogP contribution in [0.4, 0.5) is 0 Å². The zero-order chi connectivity index (χ0) is 11.5. The summed E-state index contributed by atoms with van der Waals surface area (Å²) in [5, 5.41) is 3.47. The molecule has 0 heterocycles. The van der Waals surface area contributed by atoms with Gasteiger partial charge in [0.2, 0.25) is 0 Å². The molecule has 1 N–H and O–H groups in total. The Bertz CT molecular complexity index is 287. The Morgan fingerprint density at radius 2 is 2.00 bits per heavy atom. The first-order valence-corrected chi connectivity index (χ1v) is 7.91. The van der Waals surface area contributed by atoms with Gasteiger partial charge in [0.1, 0.15) is 9.84 Å². The monoisotopic (exact) mass is 233 g/mol. The first-order chi connectivity index (χ1) is 6.94. The zero-order valence-electron chi connectivity index (χ0n) is 9.99. The topological polar surface area (TPSA) is 46.2 Å². The molecular formula is C11H23NO2S. The normalized spacial score (nSPS) is 32.1. The molecule has 0 aromatic carbocycles. The number of sulfone groups is 1. The third-order valence-corrected chi connectivity index (χ3v) is 4.53. The number of hydrogen-bond acceptors (Lipinski definition) is 3. The molecule has 0 radical (unpaired) electrons. The molecule has 1 aliphatic rings. The standard InChI is InChI=1S/C11H23NO2S/c1-4-12-11-6-5-10(9(11)2)7-8-15(3,13)14/h9-12H,4-8H2,1-3H3. The van der Waals surface area contributed by atoms with Crippen molar-refractivity contribution in [3.63, 3.8) is 0 Å². The number of rotatable bonds is 5. The van der Waals surface area contributed by atoms with Gasteiger partial charge in [-0.25, -0.2) is 8.42 Å². The highest BCUT2D eigenvalue weighted by Crippen LogP contribution is 2.34. The second-order valence-electron chi connectivity index (χ2n) is 4.78. The van der Waals surface area contributed by atoms with Crippen molar-refractivity contribution in [2.24, 2.45) is 11.8 Å². The van der Waals surface area contributed by atoms with Gasteiger partial charge in [-0.2, -0.15) is 0 Å². The van der Waals surface area contributed by atoms with E-state index in [0.717, 1.165) is 13.0 Å². The lowest BCUT2D eigenvalue weighted by atomic mass is 9.93. The molecule has 3 unspecified atom stereocenters. The largest absolute Gasteiger partial charge is 0.314 e. The van der Waals surface area contributed by atoms with Crippen molar-refractivity contribution in [2.45, 2.75) is 39.2 Å². The summed E-state index contributed by atoms with van der Waals surface area (Å²) in [7, 11) is -2.79. The van der Waals surface area contributed by atoms with Crippen LogP contribution in [0.25, 0.3) is 0 Å². The van der Waals surface area contributed by atoms with Crippen LogP contribution in [0, 0.1) is 11.8 Å². The van der Waals surface area contributed by atoms with Crippen LogP contribution in [0.2, 0.25) is 0 Å². The van der Waals surface area contributed by atoms with E-state index in [0.29, 0.717) is 23.6 Å². The fraction of sp³-hybridized carbons (Fsp3) is 1.00. The van der Waals surface area contributed by atoms with Gasteiger partial charge in [-0.3, -0.25) is 0 Å². The molecule has 90 valence electrons. The third kappa shape index (κ3) is 4.11. The van der Waals surface area contributed by atoms with Crippen LogP contribution in [0.5, 0.6) is 0 Å². The first-order valence-electron chi connectivity index (χ1n) is 5.85. The Labute approximate surface area is 93.6 Å². The van der Waals surface area contributed by atoms with Gasteiger partial charge in [-0.15, -0.1) is 0 Å². The van der Waals surface area contributed by atoms with Gasteiger partial charge >= 0.3 is 0 Å². The second-order valence-corrected chi connectivity index (χ2v) is 7.04. The molecule has 15 heavy (non-hydrogen) atoms. The van der Waals surface area contributed by atoms with E-state index in [4.69, 9.17) is 0 Å². The van der Waals surface area contributed by atoms with Gasteiger partial charge < -0.3 is 5.32 Å². The van der Waals surface area contributed by atoms with Crippen molar-refractivity contribution in [3.05, 3.63) is 0 Å². The van der Waals surface area contributed by atoms with Crippen LogP contribution in [0.1, 0.15) is 33.1 Å². The lowest BCUT2D eigenvalue weighted by Gasteiger charge is -2.20. The molecule has 0 aliphatic heterocycles. The summed E-state index contributed by atoms with van der Waals surface area (Å²) in [6, 6.07) is 0.597. The van der Waals surface area contributed by atoms with Crippen LogP contribution in [-0.2, 0) is 9.84 Å². The summed E-state index contributed by atoms with van der Waals surface area (Å²) in [5.41, 5.74) is 0. The van der Waals surface area contributed by atoms with Crippen molar-refractivity contribution in [2.75, 3.05) is 18.6 Å². The number of nitrogens with one attached hydrogen (secondary N) is 1. The maximum absolute atomic E-state index is 11.1. The SMILES string of the molecule is CCNC1CCC(CCS(C)(=O)=O)C1C. The fourth-order valence-corrected chi connectivity index (χ4v) is 3.30. The van der Waals surface area contributed by atoms with Crippen molar-refractivity contribution in [1.82, 2.24) is 5.32 Å². The summed E-state index contributed by atoms with van der Waals surface area (Å²) < 4.78 is 22.2. The van der Waals surface area contributed by atoms with Crippen molar-refractivity contribution < 1.29 is 8.42 Å². The van der Waals surface area contributed by atoms with E-state index in [-0.39, 0.29) is 0 Å². The van der Waals surface area contributed by atoms with E-state index in [1.54, 1.807) is 0 Å². The molecule has 3 nitrogen and oxygen atoms in total. The quantitative estimate of drug-likeness (QED) is 0.781. The smallest absolute Gasteiger partial charge is 0.147 e. The lowest BCUT2D eigenvalue weighted by Crippen LogP contribution is -2.32. The Balaban J connectivity index is 2.39. The van der Waals surface area contributed by atoms with Crippen molar-refractivity contribution >= 4 is 9.84 Å². The van der Waals surface area contributed by atoms with Crippen LogP contribution in [0.15, 0.2) is 0 Å². The predicted octanol–water partition coefficient (Wildman–Crippen LogP) is 1.45.